The molecule has 0 aromatic heterocycles. The van der Waals surface area contributed by atoms with E-state index >= 15 is 0 Å². The summed E-state index contributed by atoms with van der Waals surface area (Å²) < 4.78 is 28.2. The minimum absolute atomic E-state index is 0.000782. The SMILES string of the molecule is CCCCN(CCCC)S(=O)(=O)c1cc(C(=O)NC2CCc3ccccc32)ccc1Cl. The first kappa shape index (κ1) is 23.8. The highest BCUT2D eigenvalue weighted by molar-refractivity contribution is 7.89. The molecule has 0 fully saturated rings. The van der Waals surface area contributed by atoms with E-state index in [1.165, 1.54) is 22.0 Å². The van der Waals surface area contributed by atoms with E-state index in [0.29, 0.717) is 18.7 Å². The third-order valence-corrected chi connectivity index (χ3v) is 8.15. The standard InChI is InChI=1S/C24H31ClN2O3S/c1-3-5-15-27(16-6-4-2)31(29,30)23-17-19(11-13-21(23)25)24(28)26-22-14-12-18-9-7-8-10-20(18)22/h7-11,13,17,22H,3-6,12,14-16H2,1-2H3,(H,26,28). The molecule has 0 aliphatic heterocycles. The van der Waals surface area contributed by atoms with Crippen LogP contribution >= 0.6 is 11.6 Å². The number of nitrogens with zero attached hydrogens (tertiary/aromatic N) is 1. The Morgan fingerprint density at radius 3 is 2.45 bits per heavy atom. The van der Waals surface area contributed by atoms with Crippen LogP contribution in [-0.2, 0) is 16.4 Å². The lowest BCUT2D eigenvalue weighted by Crippen LogP contribution is -2.33. The molecule has 0 spiro atoms. The zero-order valence-corrected chi connectivity index (χ0v) is 19.8. The number of aryl methyl sites for hydroxylation is 1. The van der Waals surface area contributed by atoms with Crippen LogP contribution in [0.15, 0.2) is 47.4 Å². The van der Waals surface area contributed by atoms with Crippen LogP contribution in [0.5, 0.6) is 0 Å². The van der Waals surface area contributed by atoms with Gasteiger partial charge in [-0.05, 0) is 55.0 Å². The summed E-state index contributed by atoms with van der Waals surface area (Å²) in [5.41, 5.74) is 2.68. The number of nitrogens with one attached hydrogen (secondary N) is 1. The Morgan fingerprint density at radius 2 is 1.77 bits per heavy atom. The van der Waals surface area contributed by atoms with Crippen LogP contribution in [0.25, 0.3) is 0 Å². The fourth-order valence-electron chi connectivity index (χ4n) is 3.95. The molecule has 1 aliphatic rings. The Labute approximate surface area is 190 Å². The predicted octanol–water partition coefficient (Wildman–Crippen LogP) is 5.35. The number of amides is 1. The Bertz CT molecular complexity index is 1020. The van der Waals surface area contributed by atoms with Crippen molar-refractivity contribution in [2.24, 2.45) is 0 Å². The van der Waals surface area contributed by atoms with Crippen molar-refractivity contribution < 1.29 is 13.2 Å². The molecule has 7 heteroatoms. The van der Waals surface area contributed by atoms with Crippen LogP contribution in [0.1, 0.15) is 73.5 Å². The van der Waals surface area contributed by atoms with Crippen molar-refractivity contribution in [1.29, 1.82) is 0 Å². The van der Waals surface area contributed by atoms with E-state index in [-0.39, 0.29) is 21.9 Å². The van der Waals surface area contributed by atoms with Gasteiger partial charge in [0.15, 0.2) is 0 Å². The number of unbranched alkanes of at least 4 members (excludes halogenated alkanes) is 2. The van der Waals surface area contributed by atoms with E-state index in [1.807, 2.05) is 32.0 Å². The van der Waals surface area contributed by atoms with E-state index in [2.05, 4.69) is 11.4 Å². The zero-order chi connectivity index (χ0) is 22.4. The third kappa shape index (κ3) is 5.48. The van der Waals surface area contributed by atoms with E-state index in [0.717, 1.165) is 44.1 Å². The van der Waals surface area contributed by atoms with Gasteiger partial charge in [0.05, 0.1) is 11.1 Å². The fourth-order valence-corrected chi connectivity index (χ4v) is 5.97. The minimum Gasteiger partial charge on any atom is -0.345 e. The zero-order valence-electron chi connectivity index (χ0n) is 18.2. The van der Waals surface area contributed by atoms with E-state index < -0.39 is 10.0 Å². The van der Waals surface area contributed by atoms with Gasteiger partial charge in [0, 0.05) is 18.7 Å². The molecular formula is C24H31ClN2O3S. The number of halogens is 1. The number of hydrogen-bond donors (Lipinski definition) is 1. The van der Waals surface area contributed by atoms with Crippen molar-refractivity contribution in [2.45, 2.75) is 63.3 Å². The van der Waals surface area contributed by atoms with Crippen molar-refractivity contribution in [1.82, 2.24) is 9.62 Å². The van der Waals surface area contributed by atoms with Gasteiger partial charge in [0.25, 0.3) is 5.91 Å². The van der Waals surface area contributed by atoms with Gasteiger partial charge in [-0.25, -0.2) is 8.42 Å². The van der Waals surface area contributed by atoms with Gasteiger partial charge in [-0.3, -0.25) is 4.79 Å². The summed E-state index contributed by atoms with van der Waals surface area (Å²) in [5, 5.41) is 3.20. The number of sulfonamides is 1. The second kappa shape index (κ2) is 10.6. The Kier molecular flexibility index (Phi) is 8.14. The summed E-state index contributed by atoms with van der Waals surface area (Å²) in [4.78, 5) is 13.0. The van der Waals surface area contributed by atoms with Gasteiger partial charge in [-0.1, -0.05) is 62.6 Å². The van der Waals surface area contributed by atoms with Crippen molar-refractivity contribution in [3.8, 4) is 0 Å². The van der Waals surface area contributed by atoms with Gasteiger partial charge in [0.2, 0.25) is 10.0 Å². The number of fused-ring (bicyclic) bond motifs is 1. The molecule has 0 heterocycles. The molecule has 1 atom stereocenters. The van der Waals surface area contributed by atoms with E-state index in [1.54, 1.807) is 6.07 Å². The molecular weight excluding hydrogens is 432 g/mol. The van der Waals surface area contributed by atoms with Gasteiger partial charge in [-0.15, -0.1) is 0 Å². The highest BCUT2D eigenvalue weighted by Crippen LogP contribution is 2.31. The van der Waals surface area contributed by atoms with Crippen LogP contribution in [-0.4, -0.2) is 31.7 Å². The van der Waals surface area contributed by atoms with Crippen LogP contribution in [0, 0.1) is 0 Å². The number of carbonyl (C=O) groups excluding carboxylic acids is 1. The lowest BCUT2D eigenvalue weighted by molar-refractivity contribution is 0.0936. The molecule has 5 nitrogen and oxygen atoms in total. The molecule has 3 rings (SSSR count). The monoisotopic (exact) mass is 462 g/mol. The molecule has 0 saturated carbocycles. The lowest BCUT2D eigenvalue weighted by atomic mass is 10.1. The summed E-state index contributed by atoms with van der Waals surface area (Å²) in [6, 6.07) is 12.5. The molecule has 1 unspecified atom stereocenters. The fraction of sp³-hybridized carbons (Fsp3) is 0.458. The number of benzene rings is 2. The largest absolute Gasteiger partial charge is 0.345 e. The summed E-state index contributed by atoms with van der Waals surface area (Å²) in [5.74, 6) is -0.288. The first-order chi connectivity index (χ1) is 14.9. The molecule has 1 N–H and O–H groups in total. The molecule has 2 aromatic rings. The topological polar surface area (TPSA) is 66.5 Å². The highest BCUT2D eigenvalue weighted by atomic mass is 35.5. The minimum atomic E-state index is -3.79. The van der Waals surface area contributed by atoms with Crippen LogP contribution in [0.3, 0.4) is 0 Å². The lowest BCUT2D eigenvalue weighted by Gasteiger charge is -2.23. The second-order valence-corrected chi connectivity index (χ2v) is 10.3. The van der Waals surface area contributed by atoms with Crippen molar-refractivity contribution in [3.05, 3.63) is 64.2 Å². The van der Waals surface area contributed by atoms with Gasteiger partial charge >= 0.3 is 0 Å². The molecule has 168 valence electrons. The van der Waals surface area contributed by atoms with Gasteiger partial charge < -0.3 is 5.32 Å². The average Bonchev–Trinajstić information content (AvgIpc) is 3.16. The molecule has 0 saturated heterocycles. The van der Waals surface area contributed by atoms with Gasteiger partial charge in [-0.2, -0.15) is 4.31 Å². The first-order valence-corrected chi connectivity index (χ1v) is 12.9. The predicted molar refractivity (Wildman–Crippen MR) is 125 cm³/mol. The summed E-state index contributed by atoms with van der Waals surface area (Å²) in [6.45, 7) is 4.96. The smallest absolute Gasteiger partial charge is 0.251 e. The summed E-state index contributed by atoms with van der Waals surface area (Å²) >= 11 is 6.30. The Hall–Kier alpha value is -1.89. The second-order valence-electron chi connectivity index (χ2n) is 8.02. The number of carbonyl (C=O) groups is 1. The van der Waals surface area contributed by atoms with Crippen molar-refractivity contribution in [2.75, 3.05) is 13.1 Å². The molecule has 0 bridgehead atoms. The van der Waals surface area contributed by atoms with Crippen LogP contribution in [0.2, 0.25) is 5.02 Å². The average molecular weight is 463 g/mol. The maximum atomic E-state index is 13.4. The maximum absolute atomic E-state index is 13.4. The first-order valence-electron chi connectivity index (χ1n) is 11.1. The van der Waals surface area contributed by atoms with Crippen LogP contribution in [0.4, 0.5) is 0 Å². The van der Waals surface area contributed by atoms with Crippen molar-refractivity contribution in [3.63, 3.8) is 0 Å². The Morgan fingerprint density at radius 1 is 1.10 bits per heavy atom. The van der Waals surface area contributed by atoms with Crippen LogP contribution < -0.4 is 5.32 Å². The number of rotatable bonds is 10. The van der Waals surface area contributed by atoms with E-state index in [4.69, 9.17) is 11.6 Å². The molecule has 1 amide bonds. The van der Waals surface area contributed by atoms with E-state index in [9.17, 15) is 13.2 Å². The third-order valence-electron chi connectivity index (χ3n) is 5.77. The maximum Gasteiger partial charge on any atom is 0.251 e. The van der Waals surface area contributed by atoms with Gasteiger partial charge in [0.1, 0.15) is 4.90 Å². The molecule has 0 radical (unpaired) electrons. The quantitative estimate of drug-likeness (QED) is 0.517. The molecule has 31 heavy (non-hydrogen) atoms. The number of hydrogen-bond acceptors (Lipinski definition) is 3. The summed E-state index contributed by atoms with van der Waals surface area (Å²) in [7, 11) is -3.79. The molecule has 1 aliphatic carbocycles. The normalized spacial score (nSPS) is 15.8. The molecule has 2 aromatic carbocycles. The summed E-state index contributed by atoms with van der Waals surface area (Å²) in [6.07, 6.45) is 5.12. The van der Waals surface area contributed by atoms with Crippen molar-refractivity contribution >= 4 is 27.5 Å². The highest BCUT2D eigenvalue weighted by Gasteiger charge is 2.28. The Balaban J connectivity index is 1.84.